The van der Waals surface area contributed by atoms with E-state index in [1.807, 2.05) is 0 Å². The van der Waals surface area contributed by atoms with Crippen LogP contribution in [0.3, 0.4) is 0 Å². The molecule has 0 spiro atoms. The first-order valence-electron chi connectivity index (χ1n) is 6.38. The highest BCUT2D eigenvalue weighted by Crippen LogP contribution is 2.21. The molecular weight excluding hydrogens is 273 g/mol. The summed E-state index contributed by atoms with van der Waals surface area (Å²) in [5, 5.41) is 2.74. The number of amides is 1. The second-order valence-corrected chi connectivity index (χ2v) is 4.41. The van der Waals surface area contributed by atoms with Crippen LogP contribution in [-0.4, -0.2) is 20.1 Å². The second kappa shape index (κ2) is 6.74. The molecule has 0 radical (unpaired) electrons. The predicted molar refractivity (Wildman–Crippen MR) is 78.3 cm³/mol. The molecule has 0 aliphatic rings. The summed E-state index contributed by atoms with van der Waals surface area (Å²) < 4.78 is 23.4. The van der Waals surface area contributed by atoms with Gasteiger partial charge in [0.2, 0.25) is 5.91 Å². The van der Waals surface area contributed by atoms with Gasteiger partial charge < -0.3 is 14.8 Å². The molecule has 4 nitrogen and oxygen atoms in total. The van der Waals surface area contributed by atoms with Crippen LogP contribution in [0.15, 0.2) is 42.5 Å². The summed E-state index contributed by atoms with van der Waals surface area (Å²) in [5.41, 5.74) is 1.15. The van der Waals surface area contributed by atoms with Crippen LogP contribution in [0.25, 0.3) is 0 Å². The van der Waals surface area contributed by atoms with E-state index in [2.05, 4.69) is 5.32 Å². The molecule has 0 saturated carbocycles. The van der Waals surface area contributed by atoms with Gasteiger partial charge in [0.1, 0.15) is 17.3 Å². The lowest BCUT2D eigenvalue weighted by molar-refractivity contribution is -0.115. The third kappa shape index (κ3) is 3.95. The molecule has 2 aromatic rings. The Morgan fingerprint density at radius 2 is 1.81 bits per heavy atom. The standard InChI is InChI=1S/C16H16FNO3/c1-20-14-6-4-13(5-7-14)18-16(19)10-11-9-12(17)3-8-15(11)21-2/h3-9H,10H2,1-2H3,(H,18,19). The molecule has 110 valence electrons. The van der Waals surface area contributed by atoms with Gasteiger partial charge in [-0.2, -0.15) is 0 Å². The summed E-state index contributed by atoms with van der Waals surface area (Å²) in [6.07, 6.45) is 0.0347. The average molecular weight is 289 g/mol. The van der Waals surface area contributed by atoms with Crippen LogP contribution in [0.2, 0.25) is 0 Å². The Kier molecular flexibility index (Phi) is 4.77. The van der Waals surface area contributed by atoms with Gasteiger partial charge in [0.05, 0.1) is 20.6 Å². The normalized spacial score (nSPS) is 10.0. The van der Waals surface area contributed by atoms with E-state index in [4.69, 9.17) is 9.47 Å². The van der Waals surface area contributed by atoms with Gasteiger partial charge in [-0.1, -0.05) is 0 Å². The van der Waals surface area contributed by atoms with E-state index in [9.17, 15) is 9.18 Å². The van der Waals surface area contributed by atoms with E-state index in [1.54, 1.807) is 31.4 Å². The van der Waals surface area contributed by atoms with Crippen molar-refractivity contribution in [3.63, 3.8) is 0 Å². The van der Waals surface area contributed by atoms with Crippen LogP contribution < -0.4 is 14.8 Å². The number of hydrogen-bond acceptors (Lipinski definition) is 3. The van der Waals surface area contributed by atoms with Crippen molar-refractivity contribution in [2.45, 2.75) is 6.42 Å². The van der Waals surface area contributed by atoms with Crippen molar-refractivity contribution in [3.05, 3.63) is 53.8 Å². The van der Waals surface area contributed by atoms with Gasteiger partial charge in [0.25, 0.3) is 0 Å². The van der Waals surface area contributed by atoms with Crippen molar-refractivity contribution in [2.75, 3.05) is 19.5 Å². The number of methoxy groups -OCH3 is 2. The number of hydrogen-bond donors (Lipinski definition) is 1. The highest BCUT2D eigenvalue weighted by molar-refractivity contribution is 5.92. The Bertz CT molecular complexity index is 626. The number of carbonyl (C=O) groups excluding carboxylic acids is 1. The number of halogens is 1. The third-order valence-corrected chi connectivity index (χ3v) is 2.97. The fourth-order valence-corrected chi connectivity index (χ4v) is 1.94. The molecule has 0 unspecified atom stereocenters. The van der Waals surface area contributed by atoms with Crippen molar-refractivity contribution in [1.82, 2.24) is 0 Å². The molecule has 5 heteroatoms. The first-order chi connectivity index (χ1) is 10.1. The molecule has 0 fully saturated rings. The van der Waals surface area contributed by atoms with E-state index in [1.165, 1.54) is 25.3 Å². The van der Waals surface area contributed by atoms with Gasteiger partial charge in [-0.15, -0.1) is 0 Å². The maximum atomic E-state index is 13.2. The molecule has 0 bridgehead atoms. The van der Waals surface area contributed by atoms with Crippen LogP contribution in [-0.2, 0) is 11.2 Å². The minimum absolute atomic E-state index is 0.0347. The third-order valence-electron chi connectivity index (χ3n) is 2.97. The Hall–Kier alpha value is -2.56. The number of anilines is 1. The van der Waals surface area contributed by atoms with Crippen molar-refractivity contribution < 1.29 is 18.7 Å². The molecule has 0 saturated heterocycles. The number of carbonyl (C=O) groups is 1. The number of ether oxygens (including phenoxy) is 2. The second-order valence-electron chi connectivity index (χ2n) is 4.41. The number of benzene rings is 2. The molecule has 1 N–H and O–H groups in total. The van der Waals surface area contributed by atoms with Crippen molar-refractivity contribution in [2.24, 2.45) is 0 Å². The summed E-state index contributed by atoms with van der Waals surface area (Å²) in [7, 11) is 3.06. The zero-order valence-corrected chi connectivity index (χ0v) is 11.9. The maximum absolute atomic E-state index is 13.2. The van der Waals surface area contributed by atoms with Crippen molar-refractivity contribution >= 4 is 11.6 Å². The minimum Gasteiger partial charge on any atom is -0.497 e. The lowest BCUT2D eigenvalue weighted by atomic mass is 10.1. The van der Waals surface area contributed by atoms with Crippen LogP contribution in [0.4, 0.5) is 10.1 Å². The molecule has 0 aliphatic carbocycles. The smallest absolute Gasteiger partial charge is 0.228 e. The predicted octanol–water partition coefficient (Wildman–Crippen LogP) is 3.02. The van der Waals surface area contributed by atoms with Crippen LogP contribution in [0.5, 0.6) is 11.5 Å². The summed E-state index contributed by atoms with van der Waals surface area (Å²) >= 11 is 0. The first kappa shape index (κ1) is 14.8. The summed E-state index contributed by atoms with van der Waals surface area (Å²) in [6.45, 7) is 0. The number of rotatable bonds is 5. The number of nitrogens with one attached hydrogen (secondary N) is 1. The molecule has 0 aromatic heterocycles. The molecule has 0 atom stereocenters. The van der Waals surface area contributed by atoms with Crippen molar-refractivity contribution in [1.29, 1.82) is 0 Å². The summed E-state index contributed by atoms with van der Waals surface area (Å²) in [4.78, 5) is 12.0. The van der Waals surface area contributed by atoms with Gasteiger partial charge in [-0.25, -0.2) is 4.39 Å². The SMILES string of the molecule is COc1ccc(NC(=O)Cc2cc(F)ccc2OC)cc1. The molecule has 2 rings (SSSR count). The molecule has 2 aromatic carbocycles. The van der Waals surface area contributed by atoms with Gasteiger partial charge in [0.15, 0.2) is 0 Å². The molecular formula is C16H16FNO3. The Labute approximate surface area is 122 Å². The molecule has 0 heterocycles. The monoisotopic (exact) mass is 289 g/mol. The largest absolute Gasteiger partial charge is 0.497 e. The van der Waals surface area contributed by atoms with E-state index in [-0.39, 0.29) is 12.3 Å². The van der Waals surface area contributed by atoms with Crippen LogP contribution in [0.1, 0.15) is 5.56 Å². The van der Waals surface area contributed by atoms with E-state index >= 15 is 0 Å². The Morgan fingerprint density at radius 3 is 2.43 bits per heavy atom. The van der Waals surface area contributed by atoms with Gasteiger partial charge in [-0.3, -0.25) is 4.79 Å². The van der Waals surface area contributed by atoms with E-state index in [0.717, 1.165) is 0 Å². The van der Waals surface area contributed by atoms with E-state index in [0.29, 0.717) is 22.7 Å². The summed E-state index contributed by atoms with van der Waals surface area (Å²) in [5.74, 6) is 0.549. The topological polar surface area (TPSA) is 47.6 Å². The fraction of sp³-hybridized carbons (Fsp3) is 0.188. The van der Waals surface area contributed by atoms with Crippen molar-refractivity contribution in [3.8, 4) is 11.5 Å². The van der Waals surface area contributed by atoms with Crippen LogP contribution >= 0.6 is 0 Å². The zero-order chi connectivity index (χ0) is 15.2. The molecule has 1 amide bonds. The highest BCUT2D eigenvalue weighted by atomic mass is 19.1. The summed E-state index contributed by atoms with van der Waals surface area (Å²) in [6, 6.07) is 11.1. The van der Waals surface area contributed by atoms with Gasteiger partial charge in [-0.05, 0) is 42.5 Å². The van der Waals surface area contributed by atoms with Gasteiger partial charge in [0, 0.05) is 11.3 Å². The molecule has 21 heavy (non-hydrogen) atoms. The first-order valence-corrected chi connectivity index (χ1v) is 6.38. The van der Waals surface area contributed by atoms with Gasteiger partial charge >= 0.3 is 0 Å². The molecule has 0 aliphatic heterocycles. The highest BCUT2D eigenvalue weighted by Gasteiger charge is 2.10. The lowest BCUT2D eigenvalue weighted by Gasteiger charge is -2.09. The average Bonchev–Trinajstić information content (AvgIpc) is 2.48. The Morgan fingerprint density at radius 1 is 1.10 bits per heavy atom. The minimum atomic E-state index is -0.400. The Balaban J connectivity index is 2.05. The maximum Gasteiger partial charge on any atom is 0.228 e. The van der Waals surface area contributed by atoms with Crippen LogP contribution in [0, 0.1) is 5.82 Å². The fourth-order valence-electron chi connectivity index (χ4n) is 1.94. The van der Waals surface area contributed by atoms with E-state index < -0.39 is 5.82 Å². The lowest BCUT2D eigenvalue weighted by Crippen LogP contribution is -2.15. The zero-order valence-electron chi connectivity index (χ0n) is 11.9. The quantitative estimate of drug-likeness (QED) is 0.920.